The van der Waals surface area contributed by atoms with Crippen LogP contribution in [0.2, 0.25) is 0 Å². The monoisotopic (exact) mass is 230 g/mol. The van der Waals surface area contributed by atoms with Crippen LogP contribution in [-0.4, -0.2) is 5.97 Å². The van der Waals surface area contributed by atoms with Crippen LogP contribution >= 0.6 is 0 Å². The summed E-state index contributed by atoms with van der Waals surface area (Å²) in [6.07, 6.45) is 6.60. The Hall–Kier alpha value is -1.31. The zero-order valence-electron chi connectivity index (χ0n) is 10.5. The fourth-order valence-electron chi connectivity index (χ4n) is 3.48. The molecular weight excluding hydrogens is 212 g/mol. The van der Waals surface area contributed by atoms with Crippen molar-refractivity contribution in [1.29, 1.82) is 0 Å². The molecule has 3 aliphatic rings. The molecule has 0 bridgehead atoms. The van der Waals surface area contributed by atoms with Crippen molar-refractivity contribution in [1.82, 2.24) is 0 Å². The van der Waals surface area contributed by atoms with E-state index in [-0.39, 0.29) is 11.4 Å². The predicted octanol–water partition coefficient (Wildman–Crippen LogP) is 3.51. The Kier molecular flexibility index (Phi) is 2.13. The second kappa shape index (κ2) is 3.34. The summed E-state index contributed by atoms with van der Waals surface area (Å²) in [5, 5.41) is 0. The molecule has 0 aromatic carbocycles. The van der Waals surface area contributed by atoms with Crippen molar-refractivity contribution in [2.75, 3.05) is 0 Å². The summed E-state index contributed by atoms with van der Waals surface area (Å²) in [5.74, 6) is 1.14. The molecule has 0 radical (unpaired) electrons. The summed E-state index contributed by atoms with van der Waals surface area (Å²) < 4.78 is 5.35. The van der Waals surface area contributed by atoms with E-state index in [1.807, 2.05) is 6.92 Å². The SMILES string of the molecule is C=C1CCC[C@@]2(C)C=C3OC(=O)C(C)=C3C[C@H]12. The Morgan fingerprint density at radius 1 is 1.53 bits per heavy atom. The summed E-state index contributed by atoms with van der Waals surface area (Å²) in [6, 6.07) is 0. The van der Waals surface area contributed by atoms with E-state index in [9.17, 15) is 4.79 Å². The van der Waals surface area contributed by atoms with Gasteiger partial charge < -0.3 is 4.74 Å². The van der Waals surface area contributed by atoms with Gasteiger partial charge in [-0.25, -0.2) is 4.79 Å². The Morgan fingerprint density at radius 2 is 2.29 bits per heavy atom. The average Bonchev–Trinajstić information content (AvgIpc) is 2.52. The maximum absolute atomic E-state index is 11.6. The fourth-order valence-corrected chi connectivity index (χ4v) is 3.48. The Labute approximate surface area is 102 Å². The molecule has 2 heteroatoms. The van der Waals surface area contributed by atoms with E-state index in [0.29, 0.717) is 5.92 Å². The van der Waals surface area contributed by atoms with Gasteiger partial charge in [0.25, 0.3) is 0 Å². The first-order valence-electron chi connectivity index (χ1n) is 6.34. The third-order valence-corrected chi connectivity index (χ3v) is 4.63. The number of hydrogen-bond donors (Lipinski definition) is 0. The molecule has 17 heavy (non-hydrogen) atoms. The van der Waals surface area contributed by atoms with E-state index < -0.39 is 0 Å². The number of esters is 1. The molecule has 1 saturated carbocycles. The molecule has 90 valence electrons. The summed E-state index contributed by atoms with van der Waals surface area (Å²) in [7, 11) is 0. The highest BCUT2D eigenvalue weighted by molar-refractivity contribution is 5.94. The van der Waals surface area contributed by atoms with Crippen LogP contribution in [0.3, 0.4) is 0 Å². The molecular formula is C15H18O2. The summed E-state index contributed by atoms with van der Waals surface area (Å²) in [4.78, 5) is 11.6. The second-order valence-corrected chi connectivity index (χ2v) is 5.78. The lowest BCUT2D eigenvalue weighted by atomic mass is 9.60. The minimum absolute atomic E-state index is 0.138. The zero-order chi connectivity index (χ0) is 12.2. The second-order valence-electron chi connectivity index (χ2n) is 5.78. The van der Waals surface area contributed by atoms with Gasteiger partial charge in [-0.1, -0.05) is 19.1 Å². The highest BCUT2D eigenvalue weighted by atomic mass is 16.5. The largest absolute Gasteiger partial charge is 0.423 e. The van der Waals surface area contributed by atoms with Crippen molar-refractivity contribution in [2.24, 2.45) is 11.3 Å². The van der Waals surface area contributed by atoms with E-state index in [4.69, 9.17) is 4.74 Å². The van der Waals surface area contributed by atoms with Crippen LogP contribution in [-0.2, 0) is 9.53 Å². The summed E-state index contributed by atoms with van der Waals surface area (Å²) in [6.45, 7) is 8.36. The van der Waals surface area contributed by atoms with Gasteiger partial charge >= 0.3 is 5.97 Å². The first-order valence-corrected chi connectivity index (χ1v) is 6.34. The van der Waals surface area contributed by atoms with E-state index in [2.05, 4.69) is 19.6 Å². The number of carbonyl (C=O) groups excluding carboxylic acids is 1. The first-order chi connectivity index (χ1) is 8.01. The number of rotatable bonds is 0. The number of fused-ring (bicyclic) bond motifs is 2. The van der Waals surface area contributed by atoms with E-state index >= 15 is 0 Å². The fraction of sp³-hybridized carbons (Fsp3) is 0.533. The van der Waals surface area contributed by atoms with Crippen LogP contribution in [0.15, 0.2) is 35.1 Å². The third-order valence-electron chi connectivity index (χ3n) is 4.63. The van der Waals surface area contributed by atoms with Crippen LogP contribution in [0.5, 0.6) is 0 Å². The molecule has 2 nitrogen and oxygen atoms in total. The van der Waals surface area contributed by atoms with E-state index in [1.54, 1.807) is 0 Å². The van der Waals surface area contributed by atoms with Crippen molar-refractivity contribution in [3.8, 4) is 0 Å². The Morgan fingerprint density at radius 3 is 3.06 bits per heavy atom. The number of hydrogen-bond acceptors (Lipinski definition) is 2. The molecule has 2 aliphatic carbocycles. The molecule has 1 aliphatic heterocycles. The van der Waals surface area contributed by atoms with Crippen molar-refractivity contribution in [3.05, 3.63) is 35.1 Å². The van der Waals surface area contributed by atoms with Crippen LogP contribution < -0.4 is 0 Å². The smallest absolute Gasteiger partial charge is 0.339 e. The molecule has 0 aromatic heterocycles. The molecule has 0 unspecified atom stereocenters. The van der Waals surface area contributed by atoms with Crippen molar-refractivity contribution in [2.45, 2.75) is 39.5 Å². The van der Waals surface area contributed by atoms with Gasteiger partial charge in [-0.3, -0.25) is 0 Å². The van der Waals surface area contributed by atoms with Gasteiger partial charge in [-0.15, -0.1) is 0 Å². The van der Waals surface area contributed by atoms with Crippen molar-refractivity contribution in [3.63, 3.8) is 0 Å². The molecule has 0 amide bonds. The van der Waals surface area contributed by atoms with Crippen LogP contribution in [0, 0.1) is 11.3 Å². The molecule has 2 atom stereocenters. The summed E-state index contributed by atoms with van der Waals surface area (Å²) in [5.41, 5.74) is 3.38. The predicted molar refractivity (Wildman–Crippen MR) is 66.1 cm³/mol. The van der Waals surface area contributed by atoms with E-state index in [0.717, 1.165) is 29.7 Å². The van der Waals surface area contributed by atoms with Crippen LogP contribution in [0.4, 0.5) is 0 Å². The Balaban J connectivity index is 2.09. The lowest BCUT2D eigenvalue weighted by Gasteiger charge is -2.44. The minimum atomic E-state index is -0.167. The normalized spacial score (nSPS) is 36.4. The summed E-state index contributed by atoms with van der Waals surface area (Å²) >= 11 is 0. The molecule has 1 fully saturated rings. The van der Waals surface area contributed by atoms with Crippen LogP contribution in [0.1, 0.15) is 39.5 Å². The average molecular weight is 230 g/mol. The van der Waals surface area contributed by atoms with Crippen molar-refractivity contribution < 1.29 is 9.53 Å². The number of ether oxygens (including phenoxy) is 1. The number of carbonyl (C=O) groups is 1. The standard InChI is InChI=1S/C15H18O2/c1-9-5-4-6-15(3)8-13-11(7-12(9)15)10(2)14(16)17-13/h8,12H,1,4-7H2,2-3H3/t12-,15+/m1/s1. The van der Waals surface area contributed by atoms with Crippen LogP contribution in [0.25, 0.3) is 0 Å². The highest BCUT2D eigenvalue weighted by Crippen LogP contribution is 2.53. The quantitative estimate of drug-likeness (QED) is 0.470. The zero-order valence-corrected chi connectivity index (χ0v) is 10.5. The lowest BCUT2D eigenvalue weighted by molar-refractivity contribution is -0.133. The maximum Gasteiger partial charge on any atom is 0.339 e. The lowest BCUT2D eigenvalue weighted by Crippen LogP contribution is -2.34. The molecule has 3 rings (SSSR count). The molecule has 0 saturated heterocycles. The van der Waals surface area contributed by atoms with Gasteiger partial charge in [0.15, 0.2) is 0 Å². The topological polar surface area (TPSA) is 26.3 Å². The molecule has 0 N–H and O–H groups in total. The van der Waals surface area contributed by atoms with Gasteiger partial charge in [0.1, 0.15) is 5.76 Å². The molecule has 1 heterocycles. The first kappa shape index (κ1) is 10.8. The van der Waals surface area contributed by atoms with Crippen molar-refractivity contribution >= 4 is 5.97 Å². The van der Waals surface area contributed by atoms with Gasteiger partial charge in [-0.2, -0.15) is 0 Å². The third kappa shape index (κ3) is 1.43. The number of allylic oxidation sites excluding steroid dienone is 3. The Bertz CT molecular complexity index is 481. The molecule has 0 spiro atoms. The highest BCUT2D eigenvalue weighted by Gasteiger charge is 2.44. The van der Waals surface area contributed by atoms with Gasteiger partial charge in [0.05, 0.1) is 0 Å². The van der Waals surface area contributed by atoms with Gasteiger partial charge in [0, 0.05) is 11.1 Å². The van der Waals surface area contributed by atoms with Gasteiger partial charge in [0.2, 0.25) is 0 Å². The van der Waals surface area contributed by atoms with E-state index in [1.165, 1.54) is 18.4 Å². The minimum Gasteiger partial charge on any atom is -0.423 e. The van der Waals surface area contributed by atoms with Gasteiger partial charge in [-0.05, 0) is 50.0 Å². The maximum atomic E-state index is 11.6. The molecule has 0 aromatic rings.